The van der Waals surface area contributed by atoms with E-state index in [0.717, 1.165) is 18.4 Å². The normalized spacial score (nSPS) is 28.9. The van der Waals surface area contributed by atoms with E-state index in [0.29, 0.717) is 0 Å². The zero-order valence-corrected chi connectivity index (χ0v) is 7.12. The number of rotatable bonds is 2. The van der Waals surface area contributed by atoms with Crippen LogP contribution in [0.1, 0.15) is 31.9 Å². The molecule has 1 heterocycles. The third-order valence-corrected chi connectivity index (χ3v) is 2.47. The maximum atomic E-state index is 4.46. The molecule has 0 saturated heterocycles. The molecule has 0 bridgehead atoms. The van der Waals surface area contributed by atoms with Gasteiger partial charge in [0.25, 0.3) is 0 Å². The first-order valence-electron chi connectivity index (χ1n) is 4.34. The van der Waals surface area contributed by atoms with Gasteiger partial charge < -0.3 is 0 Å². The fourth-order valence-electron chi connectivity index (χ4n) is 1.49. The maximum absolute atomic E-state index is 4.46. The van der Waals surface area contributed by atoms with Gasteiger partial charge in [0.05, 0.1) is 5.69 Å². The van der Waals surface area contributed by atoms with Crippen molar-refractivity contribution in [3.05, 3.63) is 18.0 Å². The van der Waals surface area contributed by atoms with E-state index in [1.54, 1.807) is 0 Å². The second-order valence-electron chi connectivity index (χ2n) is 3.42. The Balaban J connectivity index is 2.13. The highest BCUT2D eigenvalue weighted by Crippen LogP contribution is 2.45. The molecule has 1 aromatic heterocycles. The van der Waals surface area contributed by atoms with Crippen molar-refractivity contribution in [3.8, 4) is 0 Å². The van der Waals surface area contributed by atoms with E-state index < -0.39 is 0 Å². The smallest absolute Gasteiger partial charge is 0.0658 e. The molecular formula is C9H14N2. The lowest BCUT2D eigenvalue weighted by Gasteiger charge is -1.92. The van der Waals surface area contributed by atoms with E-state index in [4.69, 9.17) is 0 Å². The monoisotopic (exact) mass is 150 g/mol. The van der Waals surface area contributed by atoms with E-state index in [2.05, 4.69) is 31.2 Å². The third-order valence-electron chi connectivity index (χ3n) is 2.47. The van der Waals surface area contributed by atoms with Gasteiger partial charge in [0, 0.05) is 18.7 Å². The molecule has 0 amide bonds. The van der Waals surface area contributed by atoms with E-state index in [1.807, 2.05) is 4.68 Å². The van der Waals surface area contributed by atoms with Crippen molar-refractivity contribution in [2.45, 2.75) is 32.7 Å². The van der Waals surface area contributed by atoms with Crippen LogP contribution < -0.4 is 0 Å². The number of hydrogen-bond acceptors (Lipinski definition) is 1. The molecule has 1 aromatic rings. The van der Waals surface area contributed by atoms with Gasteiger partial charge in [-0.1, -0.05) is 6.92 Å². The predicted octanol–water partition coefficient (Wildman–Crippen LogP) is 2.03. The highest BCUT2D eigenvalue weighted by atomic mass is 15.3. The Morgan fingerprint density at radius 1 is 1.73 bits per heavy atom. The SMILES string of the molecule is CCn1ccc([C@@H]2C[C@H]2C)n1. The van der Waals surface area contributed by atoms with Gasteiger partial charge in [-0.25, -0.2) is 0 Å². The largest absolute Gasteiger partial charge is 0.273 e. The summed E-state index contributed by atoms with van der Waals surface area (Å²) in [6.45, 7) is 5.39. The second kappa shape index (κ2) is 2.36. The lowest BCUT2D eigenvalue weighted by Crippen LogP contribution is -1.95. The van der Waals surface area contributed by atoms with Crippen LogP contribution in [0, 0.1) is 5.92 Å². The lowest BCUT2D eigenvalue weighted by atomic mass is 10.2. The van der Waals surface area contributed by atoms with Crippen molar-refractivity contribution in [3.63, 3.8) is 0 Å². The Morgan fingerprint density at radius 3 is 2.91 bits per heavy atom. The Morgan fingerprint density at radius 2 is 2.45 bits per heavy atom. The van der Waals surface area contributed by atoms with Crippen LogP contribution in [0.3, 0.4) is 0 Å². The van der Waals surface area contributed by atoms with Crippen LogP contribution >= 0.6 is 0 Å². The highest BCUT2D eigenvalue weighted by molar-refractivity contribution is 5.15. The van der Waals surface area contributed by atoms with Gasteiger partial charge in [0.2, 0.25) is 0 Å². The Kier molecular flexibility index (Phi) is 1.48. The quantitative estimate of drug-likeness (QED) is 0.630. The first-order valence-corrected chi connectivity index (χ1v) is 4.34. The number of hydrogen-bond donors (Lipinski definition) is 0. The van der Waals surface area contributed by atoms with Crippen molar-refractivity contribution < 1.29 is 0 Å². The van der Waals surface area contributed by atoms with Gasteiger partial charge >= 0.3 is 0 Å². The molecule has 2 heteroatoms. The Bertz CT molecular complexity index is 252. The fraction of sp³-hybridized carbons (Fsp3) is 0.667. The van der Waals surface area contributed by atoms with Crippen LogP contribution in [0.25, 0.3) is 0 Å². The molecule has 60 valence electrons. The summed E-state index contributed by atoms with van der Waals surface area (Å²) < 4.78 is 2.00. The van der Waals surface area contributed by atoms with E-state index in [9.17, 15) is 0 Å². The van der Waals surface area contributed by atoms with Crippen molar-refractivity contribution in [2.75, 3.05) is 0 Å². The fourth-order valence-corrected chi connectivity index (χ4v) is 1.49. The topological polar surface area (TPSA) is 17.8 Å². The van der Waals surface area contributed by atoms with Crippen LogP contribution in [0.5, 0.6) is 0 Å². The minimum Gasteiger partial charge on any atom is -0.273 e. The molecule has 1 fully saturated rings. The molecule has 1 aliphatic carbocycles. The summed E-state index contributed by atoms with van der Waals surface area (Å²) in [7, 11) is 0. The highest BCUT2D eigenvalue weighted by Gasteiger charge is 2.35. The average Bonchev–Trinajstić information content (AvgIpc) is 2.59. The molecule has 2 atom stereocenters. The first-order chi connectivity index (χ1) is 5.31. The van der Waals surface area contributed by atoms with E-state index >= 15 is 0 Å². The summed E-state index contributed by atoms with van der Waals surface area (Å²) in [5.74, 6) is 1.64. The molecule has 2 nitrogen and oxygen atoms in total. The molecule has 0 aliphatic heterocycles. The maximum Gasteiger partial charge on any atom is 0.0658 e. The van der Waals surface area contributed by atoms with E-state index in [1.165, 1.54) is 12.1 Å². The average molecular weight is 150 g/mol. The van der Waals surface area contributed by atoms with Gasteiger partial charge in [0.1, 0.15) is 0 Å². The molecule has 1 aliphatic rings. The first kappa shape index (κ1) is 6.89. The summed E-state index contributed by atoms with van der Waals surface area (Å²) in [5.41, 5.74) is 1.29. The van der Waals surface area contributed by atoms with E-state index in [-0.39, 0.29) is 0 Å². The van der Waals surface area contributed by atoms with Crippen molar-refractivity contribution >= 4 is 0 Å². The Labute approximate surface area is 67.2 Å². The standard InChI is InChI=1S/C9H14N2/c1-3-11-5-4-9(10-11)8-6-7(8)2/h4-5,7-8H,3,6H2,1-2H3/t7-,8-/m1/s1. The second-order valence-corrected chi connectivity index (χ2v) is 3.42. The summed E-state index contributed by atoms with van der Waals surface area (Å²) >= 11 is 0. The summed E-state index contributed by atoms with van der Waals surface area (Å²) in [6.07, 6.45) is 3.40. The molecule has 0 unspecified atom stereocenters. The van der Waals surface area contributed by atoms with Crippen LogP contribution in [0.4, 0.5) is 0 Å². The number of aryl methyl sites for hydroxylation is 1. The van der Waals surface area contributed by atoms with Crippen LogP contribution in [0.2, 0.25) is 0 Å². The van der Waals surface area contributed by atoms with Gasteiger partial charge in [0.15, 0.2) is 0 Å². The molecule has 0 radical (unpaired) electrons. The van der Waals surface area contributed by atoms with Gasteiger partial charge in [-0.3, -0.25) is 4.68 Å². The zero-order chi connectivity index (χ0) is 7.84. The van der Waals surface area contributed by atoms with Gasteiger partial charge in [-0.15, -0.1) is 0 Å². The Hall–Kier alpha value is -0.790. The predicted molar refractivity (Wildman–Crippen MR) is 44.4 cm³/mol. The molecule has 11 heavy (non-hydrogen) atoms. The molecule has 0 N–H and O–H groups in total. The molecule has 0 aromatic carbocycles. The summed E-state index contributed by atoms with van der Waals surface area (Å²) in [6, 6.07) is 2.15. The molecule has 0 spiro atoms. The third kappa shape index (κ3) is 1.17. The van der Waals surface area contributed by atoms with Crippen molar-refractivity contribution in [1.82, 2.24) is 9.78 Å². The number of nitrogens with zero attached hydrogens (tertiary/aromatic N) is 2. The zero-order valence-electron chi connectivity index (χ0n) is 7.12. The molecule has 2 rings (SSSR count). The molecular weight excluding hydrogens is 136 g/mol. The van der Waals surface area contributed by atoms with Crippen molar-refractivity contribution in [1.29, 1.82) is 0 Å². The summed E-state index contributed by atoms with van der Waals surface area (Å²) in [5, 5.41) is 4.46. The van der Waals surface area contributed by atoms with Crippen LogP contribution in [-0.4, -0.2) is 9.78 Å². The van der Waals surface area contributed by atoms with Crippen LogP contribution in [0.15, 0.2) is 12.3 Å². The van der Waals surface area contributed by atoms with Gasteiger partial charge in [-0.05, 0) is 25.3 Å². The van der Waals surface area contributed by atoms with Gasteiger partial charge in [-0.2, -0.15) is 5.10 Å². The minimum atomic E-state index is 0.766. The van der Waals surface area contributed by atoms with Crippen molar-refractivity contribution in [2.24, 2.45) is 5.92 Å². The van der Waals surface area contributed by atoms with Crippen LogP contribution in [-0.2, 0) is 6.54 Å². The lowest BCUT2D eigenvalue weighted by molar-refractivity contribution is 0.644. The summed E-state index contributed by atoms with van der Waals surface area (Å²) in [4.78, 5) is 0. The minimum absolute atomic E-state index is 0.766. The number of aromatic nitrogens is 2. The molecule has 1 saturated carbocycles.